The molecule has 0 saturated carbocycles. The molecule has 1 aromatic carbocycles. The molecular weight excluding hydrogens is 301 g/mol. The third-order valence-electron chi connectivity index (χ3n) is 2.90. The number of hydrogen-bond donors (Lipinski definition) is 3. The van der Waals surface area contributed by atoms with Crippen molar-refractivity contribution in [3.05, 3.63) is 29.8 Å². The molecule has 1 amide bonds. The fraction of sp³-hybridized carbons (Fsp3) is 0.429. The van der Waals surface area contributed by atoms with Crippen LogP contribution in [-0.4, -0.2) is 29.6 Å². The van der Waals surface area contributed by atoms with Gasteiger partial charge in [0, 0.05) is 5.69 Å². The highest BCUT2D eigenvalue weighted by molar-refractivity contribution is 5.87. The topological polar surface area (TPSA) is 78.4 Å². The lowest BCUT2D eigenvalue weighted by Gasteiger charge is -2.22. The predicted octanol–water partition coefficient (Wildman–Crippen LogP) is 2.34. The molecule has 0 fully saturated rings. The van der Waals surface area contributed by atoms with Gasteiger partial charge in [0.15, 0.2) is 0 Å². The molecule has 0 spiro atoms. The van der Waals surface area contributed by atoms with Crippen molar-refractivity contribution in [3.63, 3.8) is 0 Å². The minimum atomic E-state index is -4.42. The quantitative estimate of drug-likeness (QED) is 0.752. The van der Waals surface area contributed by atoms with Crippen LogP contribution in [0.2, 0.25) is 0 Å². The zero-order valence-electron chi connectivity index (χ0n) is 12.1. The molecular formula is C14H17F3N2O3. The molecule has 0 aliphatic heterocycles. The standard InChI is InChI=1S/C14H17F3N2O3/c1-8(2)12(13(22)18-7-11(20)21)19-10-5-3-9(4-6-10)14(15,16)17/h3-6,8,12,19H,7H2,1-2H3,(H,18,22)(H,20,21)/t12-/m1/s1. The summed E-state index contributed by atoms with van der Waals surface area (Å²) in [6.07, 6.45) is -4.42. The third kappa shape index (κ3) is 5.27. The van der Waals surface area contributed by atoms with E-state index < -0.39 is 36.2 Å². The van der Waals surface area contributed by atoms with Crippen LogP contribution in [-0.2, 0) is 15.8 Å². The molecule has 3 N–H and O–H groups in total. The summed E-state index contributed by atoms with van der Waals surface area (Å²) in [7, 11) is 0. The molecule has 122 valence electrons. The van der Waals surface area contributed by atoms with Crippen molar-refractivity contribution in [2.75, 3.05) is 11.9 Å². The maximum Gasteiger partial charge on any atom is 0.416 e. The van der Waals surface area contributed by atoms with Crippen LogP contribution < -0.4 is 10.6 Å². The van der Waals surface area contributed by atoms with Gasteiger partial charge < -0.3 is 15.7 Å². The van der Waals surface area contributed by atoms with Gasteiger partial charge in [0.2, 0.25) is 5.91 Å². The number of hydrogen-bond acceptors (Lipinski definition) is 3. The predicted molar refractivity (Wildman–Crippen MR) is 74.3 cm³/mol. The number of carboxylic acids is 1. The molecule has 0 bridgehead atoms. The monoisotopic (exact) mass is 318 g/mol. The molecule has 1 aromatic rings. The fourth-order valence-electron chi connectivity index (χ4n) is 1.74. The Labute approximate surface area is 125 Å². The number of carboxylic acid groups (broad SMARTS) is 1. The first-order valence-electron chi connectivity index (χ1n) is 6.54. The smallest absolute Gasteiger partial charge is 0.416 e. The highest BCUT2D eigenvalue weighted by Gasteiger charge is 2.30. The van der Waals surface area contributed by atoms with Crippen molar-refractivity contribution in [2.45, 2.75) is 26.1 Å². The zero-order chi connectivity index (χ0) is 16.9. The molecule has 0 radical (unpaired) electrons. The Morgan fingerprint density at radius 3 is 2.14 bits per heavy atom. The average Bonchev–Trinajstić information content (AvgIpc) is 2.41. The van der Waals surface area contributed by atoms with E-state index in [-0.39, 0.29) is 5.92 Å². The number of carbonyl (C=O) groups is 2. The number of benzene rings is 1. The summed E-state index contributed by atoms with van der Waals surface area (Å²) in [5.74, 6) is -1.89. The number of aliphatic carboxylic acids is 1. The van der Waals surface area contributed by atoms with Gasteiger partial charge in [0.25, 0.3) is 0 Å². The summed E-state index contributed by atoms with van der Waals surface area (Å²) in [5, 5.41) is 13.6. The molecule has 22 heavy (non-hydrogen) atoms. The second-order valence-electron chi connectivity index (χ2n) is 5.05. The van der Waals surface area contributed by atoms with Gasteiger partial charge in [-0.05, 0) is 30.2 Å². The number of halogens is 3. The van der Waals surface area contributed by atoms with Crippen LogP contribution in [0.4, 0.5) is 18.9 Å². The van der Waals surface area contributed by atoms with E-state index in [4.69, 9.17) is 5.11 Å². The molecule has 0 unspecified atom stereocenters. The highest BCUT2D eigenvalue weighted by atomic mass is 19.4. The summed E-state index contributed by atoms with van der Waals surface area (Å²) in [5.41, 5.74) is -0.438. The van der Waals surface area contributed by atoms with Gasteiger partial charge in [-0.15, -0.1) is 0 Å². The minimum Gasteiger partial charge on any atom is -0.480 e. The van der Waals surface area contributed by atoms with Crippen LogP contribution in [0, 0.1) is 5.92 Å². The molecule has 1 atom stereocenters. The molecule has 0 heterocycles. The van der Waals surface area contributed by atoms with Crippen LogP contribution in [0.15, 0.2) is 24.3 Å². The lowest BCUT2D eigenvalue weighted by Crippen LogP contribution is -2.44. The zero-order valence-corrected chi connectivity index (χ0v) is 12.1. The number of rotatable bonds is 6. The highest BCUT2D eigenvalue weighted by Crippen LogP contribution is 2.30. The van der Waals surface area contributed by atoms with E-state index in [1.165, 1.54) is 12.1 Å². The Hall–Kier alpha value is -2.25. The molecule has 0 aliphatic carbocycles. The van der Waals surface area contributed by atoms with E-state index in [9.17, 15) is 22.8 Å². The van der Waals surface area contributed by atoms with Gasteiger partial charge >= 0.3 is 12.1 Å². The van der Waals surface area contributed by atoms with E-state index in [2.05, 4.69) is 10.6 Å². The van der Waals surface area contributed by atoms with Crippen LogP contribution in [0.25, 0.3) is 0 Å². The Kier molecular flexibility index (Phi) is 5.78. The van der Waals surface area contributed by atoms with Crippen molar-refractivity contribution in [1.82, 2.24) is 5.32 Å². The summed E-state index contributed by atoms with van der Waals surface area (Å²) < 4.78 is 37.4. The number of nitrogens with one attached hydrogen (secondary N) is 2. The first-order valence-corrected chi connectivity index (χ1v) is 6.54. The molecule has 8 heteroatoms. The van der Waals surface area contributed by atoms with E-state index in [1.807, 2.05) is 0 Å². The second-order valence-corrected chi connectivity index (χ2v) is 5.05. The summed E-state index contributed by atoms with van der Waals surface area (Å²) in [6, 6.07) is 3.52. The van der Waals surface area contributed by atoms with E-state index in [0.29, 0.717) is 5.69 Å². The SMILES string of the molecule is CC(C)[C@@H](Nc1ccc(C(F)(F)F)cc1)C(=O)NCC(=O)O. The van der Waals surface area contributed by atoms with Crippen LogP contribution >= 0.6 is 0 Å². The molecule has 1 rings (SSSR count). The van der Waals surface area contributed by atoms with Gasteiger partial charge in [-0.1, -0.05) is 13.8 Å². The van der Waals surface area contributed by atoms with E-state index in [0.717, 1.165) is 12.1 Å². The molecule has 0 saturated heterocycles. The third-order valence-corrected chi connectivity index (χ3v) is 2.90. The van der Waals surface area contributed by atoms with Gasteiger partial charge in [0.1, 0.15) is 12.6 Å². The van der Waals surface area contributed by atoms with Crippen LogP contribution in [0.1, 0.15) is 19.4 Å². The number of carbonyl (C=O) groups excluding carboxylic acids is 1. The minimum absolute atomic E-state index is 0.184. The summed E-state index contributed by atoms with van der Waals surface area (Å²) >= 11 is 0. The Balaban J connectivity index is 2.79. The van der Waals surface area contributed by atoms with E-state index in [1.54, 1.807) is 13.8 Å². The van der Waals surface area contributed by atoms with Crippen LogP contribution in [0.3, 0.4) is 0 Å². The number of amides is 1. The average molecular weight is 318 g/mol. The van der Waals surface area contributed by atoms with Crippen molar-refractivity contribution in [3.8, 4) is 0 Å². The van der Waals surface area contributed by atoms with Crippen molar-refractivity contribution in [1.29, 1.82) is 0 Å². The lowest BCUT2D eigenvalue weighted by atomic mass is 10.0. The Morgan fingerprint density at radius 1 is 1.18 bits per heavy atom. The van der Waals surface area contributed by atoms with Crippen molar-refractivity contribution >= 4 is 17.6 Å². The van der Waals surface area contributed by atoms with Crippen LogP contribution in [0.5, 0.6) is 0 Å². The number of alkyl halides is 3. The fourth-order valence-corrected chi connectivity index (χ4v) is 1.74. The largest absolute Gasteiger partial charge is 0.480 e. The second kappa shape index (κ2) is 7.15. The molecule has 0 aliphatic rings. The van der Waals surface area contributed by atoms with Crippen molar-refractivity contribution in [2.24, 2.45) is 5.92 Å². The van der Waals surface area contributed by atoms with Gasteiger partial charge in [-0.25, -0.2) is 0 Å². The molecule has 5 nitrogen and oxygen atoms in total. The maximum absolute atomic E-state index is 12.5. The maximum atomic E-state index is 12.5. The normalized spacial score (nSPS) is 12.8. The first kappa shape index (κ1) is 17.8. The molecule has 0 aromatic heterocycles. The Bertz CT molecular complexity index is 527. The Morgan fingerprint density at radius 2 is 1.73 bits per heavy atom. The summed E-state index contributed by atoms with van der Waals surface area (Å²) in [6.45, 7) is 2.96. The lowest BCUT2D eigenvalue weighted by molar-refractivity contribution is -0.138. The van der Waals surface area contributed by atoms with Crippen molar-refractivity contribution < 1.29 is 27.9 Å². The van der Waals surface area contributed by atoms with Gasteiger partial charge in [0.05, 0.1) is 5.56 Å². The summed E-state index contributed by atoms with van der Waals surface area (Å²) in [4.78, 5) is 22.3. The number of anilines is 1. The van der Waals surface area contributed by atoms with E-state index >= 15 is 0 Å². The van der Waals surface area contributed by atoms with Gasteiger partial charge in [-0.3, -0.25) is 9.59 Å². The first-order chi connectivity index (χ1) is 10.1. The van der Waals surface area contributed by atoms with Gasteiger partial charge in [-0.2, -0.15) is 13.2 Å².